The molecule has 0 aromatic heterocycles. The van der Waals surface area contributed by atoms with Crippen molar-refractivity contribution in [3.8, 4) is 0 Å². The van der Waals surface area contributed by atoms with Crippen LogP contribution < -0.4 is 5.32 Å². The maximum absolute atomic E-state index is 12.2. The molecule has 1 aromatic rings. The molecule has 1 amide bonds. The molecule has 1 aliphatic rings. The molecule has 0 fully saturated rings. The van der Waals surface area contributed by atoms with Crippen molar-refractivity contribution >= 4 is 28.9 Å². The van der Waals surface area contributed by atoms with Crippen molar-refractivity contribution in [2.75, 3.05) is 11.9 Å². The normalized spacial score (nSPS) is 13.4. The van der Waals surface area contributed by atoms with E-state index in [1.54, 1.807) is 18.2 Å². The van der Waals surface area contributed by atoms with Gasteiger partial charge in [-0.1, -0.05) is 38.3 Å². The highest BCUT2D eigenvalue weighted by Gasteiger charge is 2.29. The molecule has 0 heterocycles. The van der Waals surface area contributed by atoms with Gasteiger partial charge >= 0.3 is 0 Å². The second-order valence-corrected chi connectivity index (χ2v) is 5.52. The molecule has 0 atom stereocenters. The molecule has 1 aromatic carbocycles. The van der Waals surface area contributed by atoms with Gasteiger partial charge in [0.15, 0.2) is 0 Å². The predicted octanol–water partition coefficient (Wildman–Crippen LogP) is 3.35. The Labute approximate surface area is 135 Å². The highest BCUT2D eigenvalue weighted by Crippen LogP contribution is 2.31. The molecular formula is C18H21NO4. The molecule has 1 N–H and O–H groups in total. The van der Waals surface area contributed by atoms with E-state index in [4.69, 9.17) is 4.74 Å². The lowest BCUT2D eigenvalue weighted by molar-refractivity contribution is -0.114. The Hall–Kier alpha value is -2.43. The molecule has 0 spiro atoms. The summed E-state index contributed by atoms with van der Waals surface area (Å²) in [7, 11) is 0. The van der Waals surface area contributed by atoms with E-state index >= 15 is 0 Å². The van der Waals surface area contributed by atoms with Crippen LogP contribution in [0.15, 0.2) is 24.3 Å². The van der Waals surface area contributed by atoms with Crippen molar-refractivity contribution in [1.82, 2.24) is 0 Å². The molecule has 0 aliphatic heterocycles. The number of rotatable bonds is 7. The minimum Gasteiger partial charge on any atom is -0.493 e. The number of unbranched alkanes of at least 4 members (excludes halogenated alkanes) is 3. The lowest BCUT2D eigenvalue weighted by Gasteiger charge is -2.19. The zero-order valence-electron chi connectivity index (χ0n) is 13.5. The molecule has 122 valence electrons. The van der Waals surface area contributed by atoms with Crippen molar-refractivity contribution in [2.45, 2.75) is 39.5 Å². The van der Waals surface area contributed by atoms with E-state index in [2.05, 4.69) is 12.2 Å². The molecular weight excluding hydrogens is 294 g/mol. The third kappa shape index (κ3) is 4.06. The number of ether oxygens (including phenoxy) is 1. The minimum atomic E-state index is -0.626. The van der Waals surface area contributed by atoms with Gasteiger partial charge in [-0.3, -0.25) is 14.4 Å². The quantitative estimate of drug-likeness (QED) is 0.618. The first-order valence-corrected chi connectivity index (χ1v) is 7.88. The molecule has 0 unspecified atom stereocenters. The number of benzene rings is 1. The van der Waals surface area contributed by atoms with Gasteiger partial charge in [0.1, 0.15) is 5.76 Å². The first kappa shape index (κ1) is 16.9. The second-order valence-electron chi connectivity index (χ2n) is 5.52. The Bertz CT molecular complexity index is 661. The molecule has 5 heteroatoms. The number of hydrogen-bond donors (Lipinski definition) is 1. The van der Waals surface area contributed by atoms with Gasteiger partial charge in [-0.25, -0.2) is 0 Å². The number of nitrogens with one attached hydrogen (secondary N) is 1. The van der Waals surface area contributed by atoms with Gasteiger partial charge in [0, 0.05) is 18.6 Å². The number of carbonyl (C=O) groups excluding carboxylic acids is 3. The third-order valence-corrected chi connectivity index (χ3v) is 3.61. The van der Waals surface area contributed by atoms with Crippen LogP contribution in [0, 0.1) is 0 Å². The van der Waals surface area contributed by atoms with E-state index in [1.807, 2.05) is 0 Å². The maximum Gasteiger partial charge on any atom is 0.235 e. The van der Waals surface area contributed by atoms with E-state index in [0.29, 0.717) is 23.6 Å². The summed E-state index contributed by atoms with van der Waals surface area (Å²) in [6.07, 6.45) is 5.48. The van der Waals surface area contributed by atoms with Crippen molar-refractivity contribution in [1.29, 1.82) is 0 Å². The van der Waals surface area contributed by atoms with E-state index in [0.717, 1.165) is 25.7 Å². The number of fused-ring (bicyclic) bond motifs is 1. The average molecular weight is 315 g/mol. The van der Waals surface area contributed by atoms with E-state index in [-0.39, 0.29) is 11.5 Å². The predicted molar refractivity (Wildman–Crippen MR) is 88.2 cm³/mol. The first-order valence-electron chi connectivity index (χ1n) is 7.88. The molecule has 2 rings (SSSR count). The van der Waals surface area contributed by atoms with Crippen LogP contribution in [0.3, 0.4) is 0 Å². The Morgan fingerprint density at radius 2 is 1.96 bits per heavy atom. The fourth-order valence-corrected chi connectivity index (χ4v) is 2.51. The lowest BCUT2D eigenvalue weighted by atomic mass is 9.92. The third-order valence-electron chi connectivity index (χ3n) is 3.61. The van der Waals surface area contributed by atoms with E-state index in [1.165, 1.54) is 13.0 Å². The molecule has 0 saturated heterocycles. The van der Waals surface area contributed by atoms with Gasteiger partial charge in [0.25, 0.3) is 0 Å². The molecule has 1 aliphatic carbocycles. The summed E-state index contributed by atoms with van der Waals surface area (Å²) in [6, 6.07) is 5.06. The average Bonchev–Trinajstić information content (AvgIpc) is 2.51. The summed E-state index contributed by atoms with van der Waals surface area (Å²) in [5.74, 6) is -1.15. The van der Waals surface area contributed by atoms with E-state index in [9.17, 15) is 14.4 Å². The van der Waals surface area contributed by atoms with Gasteiger partial charge < -0.3 is 10.1 Å². The van der Waals surface area contributed by atoms with Gasteiger partial charge in [-0.2, -0.15) is 0 Å². The van der Waals surface area contributed by atoms with Gasteiger partial charge in [0.2, 0.25) is 17.5 Å². The highest BCUT2D eigenvalue weighted by atomic mass is 16.5. The summed E-state index contributed by atoms with van der Waals surface area (Å²) in [4.78, 5) is 35.4. The Balaban J connectivity index is 2.23. The van der Waals surface area contributed by atoms with Crippen LogP contribution in [0.25, 0.3) is 5.76 Å². The summed E-state index contributed by atoms with van der Waals surface area (Å²) in [6.45, 7) is 3.99. The molecule has 0 bridgehead atoms. The van der Waals surface area contributed by atoms with Crippen LogP contribution >= 0.6 is 0 Å². The fourth-order valence-electron chi connectivity index (χ4n) is 2.51. The Kier molecular flexibility index (Phi) is 5.68. The fraction of sp³-hybridized carbons (Fsp3) is 0.389. The summed E-state index contributed by atoms with van der Waals surface area (Å²) in [5, 5.41) is 2.59. The van der Waals surface area contributed by atoms with Gasteiger partial charge in [0.05, 0.1) is 17.9 Å². The molecule has 0 radical (unpaired) electrons. The van der Waals surface area contributed by atoms with Crippen molar-refractivity contribution in [3.63, 3.8) is 0 Å². The van der Waals surface area contributed by atoms with Gasteiger partial charge in [-0.05, 0) is 12.5 Å². The number of ketones is 2. The SMILES string of the molecule is CCCCCCOC1=CC(=O)C(=O)c2c(NC(C)=O)cccc21. The number of hydrogen-bond acceptors (Lipinski definition) is 4. The lowest BCUT2D eigenvalue weighted by Crippen LogP contribution is -2.22. The second kappa shape index (κ2) is 7.72. The van der Waals surface area contributed by atoms with Crippen LogP contribution in [-0.4, -0.2) is 24.1 Å². The van der Waals surface area contributed by atoms with Crippen LogP contribution in [0.1, 0.15) is 55.5 Å². The topological polar surface area (TPSA) is 72.5 Å². The van der Waals surface area contributed by atoms with Crippen LogP contribution in [0.2, 0.25) is 0 Å². The minimum absolute atomic E-state index is 0.207. The summed E-state index contributed by atoms with van der Waals surface area (Å²) >= 11 is 0. The van der Waals surface area contributed by atoms with Crippen LogP contribution in [0.4, 0.5) is 5.69 Å². The van der Waals surface area contributed by atoms with E-state index < -0.39 is 11.6 Å². The first-order chi connectivity index (χ1) is 11.0. The maximum atomic E-state index is 12.2. The van der Waals surface area contributed by atoms with Gasteiger partial charge in [-0.15, -0.1) is 0 Å². The van der Waals surface area contributed by atoms with Crippen LogP contribution in [0.5, 0.6) is 0 Å². The smallest absolute Gasteiger partial charge is 0.235 e. The number of amides is 1. The highest BCUT2D eigenvalue weighted by molar-refractivity contribution is 6.51. The van der Waals surface area contributed by atoms with Crippen molar-refractivity contribution < 1.29 is 19.1 Å². The number of carbonyl (C=O) groups is 3. The largest absolute Gasteiger partial charge is 0.493 e. The number of Topliss-reactive ketones (excluding diaryl/α,β-unsaturated/α-hetero) is 1. The van der Waals surface area contributed by atoms with Crippen molar-refractivity contribution in [2.24, 2.45) is 0 Å². The summed E-state index contributed by atoms with van der Waals surface area (Å²) < 4.78 is 5.71. The van der Waals surface area contributed by atoms with Crippen LogP contribution in [-0.2, 0) is 14.3 Å². The molecule has 23 heavy (non-hydrogen) atoms. The standard InChI is InChI=1S/C18H21NO4/c1-3-4-5-6-10-23-16-11-15(21)18(22)17-13(16)8-7-9-14(17)19-12(2)20/h7-9,11H,3-6,10H2,1-2H3,(H,19,20). The zero-order valence-corrected chi connectivity index (χ0v) is 13.5. The number of allylic oxidation sites excluding steroid dienone is 1. The Morgan fingerprint density at radius 3 is 2.65 bits per heavy atom. The molecule has 0 saturated carbocycles. The van der Waals surface area contributed by atoms with Crippen molar-refractivity contribution in [3.05, 3.63) is 35.4 Å². The number of anilines is 1. The Morgan fingerprint density at radius 1 is 1.17 bits per heavy atom. The molecule has 5 nitrogen and oxygen atoms in total. The monoisotopic (exact) mass is 315 g/mol. The zero-order chi connectivity index (χ0) is 16.8. The summed E-state index contributed by atoms with van der Waals surface area (Å²) in [5.41, 5.74) is 1.10.